The predicted molar refractivity (Wildman–Crippen MR) is 74.3 cm³/mol. The van der Waals surface area contributed by atoms with Crippen molar-refractivity contribution < 1.29 is 9.47 Å². The van der Waals surface area contributed by atoms with E-state index in [2.05, 4.69) is 24.4 Å². The summed E-state index contributed by atoms with van der Waals surface area (Å²) in [5.74, 6) is 0.899. The summed E-state index contributed by atoms with van der Waals surface area (Å²) in [6, 6.07) is 8.66. The van der Waals surface area contributed by atoms with Crippen LogP contribution < -0.4 is 10.1 Å². The molecule has 0 amide bonds. The predicted octanol–water partition coefficient (Wildman–Crippen LogP) is 3.45. The lowest BCUT2D eigenvalue weighted by Gasteiger charge is -2.30. The third-order valence-electron chi connectivity index (χ3n) is 3.44. The molecule has 0 aliphatic carbocycles. The Morgan fingerprint density at radius 2 is 2.11 bits per heavy atom. The molecule has 2 unspecified atom stereocenters. The number of ether oxygens (including phenoxy) is 2. The summed E-state index contributed by atoms with van der Waals surface area (Å²) in [6.07, 6.45) is 4.99. The van der Waals surface area contributed by atoms with Crippen LogP contribution in [0.4, 0.5) is 5.69 Å². The molecule has 1 aromatic carbocycles. The van der Waals surface area contributed by atoms with Gasteiger partial charge in [-0.1, -0.05) is 13.3 Å². The van der Waals surface area contributed by atoms with Crippen molar-refractivity contribution >= 4 is 5.69 Å². The number of benzene rings is 1. The molecule has 100 valence electrons. The minimum absolute atomic E-state index is 0.430. The van der Waals surface area contributed by atoms with Crippen LogP contribution in [0.3, 0.4) is 0 Å². The van der Waals surface area contributed by atoms with Gasteiger partial charge < -0.3 is 14.8 Å². The van der Waals surface area contributed by atoms with Crippen molar-refractivity contribution in [2.75, 3.05) is 19.0 Å². The minimum Gasteiger partial charge on any atom is -0.497 e. The van der Waals surface area contributed by atoms with Gasteiger partial charge in [0.15, 0.2) is 0 Å². The normalized spacial score (nSPS) is 23.7. The topological polar surface area (TPSA) is 30.5 Å². The number of nitrogens with one attached hydrogen (secondary N) is 1. The molecule has 2 rings (SSSR count). The number of anilines is 1. The van der Waals surface area contributed by atoms with E-state index < -0.39 is 0 Å². The van der Waals surface area contributed by atoms with Crippen LogP contribution in [0.5, 0.6) is 5.75 Å². The Kier molecular flexibility index (Phi) is 4.88. The first-order valence-electron chi connectivity index (χ1n) is 6.84. The van der Waals surface area contributed by atoms with Gasteiger partial charge in [0.1, 0.15) is 5.75 Å². The molecule has 1 fully saturated rings. The highest BCUT2D eigenvalue weighted by molar-refractivity contribution is 5.47. The van der Waals surface area contributed by atoms with Crippen molar-refractivity contribution in [1.82, 2.24) is 0 Å². The summed E-state index contributed by atoms with van der Waals surface area (Å²) in [4.78, 5) is 0. The molecule has 2 atom stereocenters. The second-order valence-electron chi connectivity index (χ2n) is 4.88. The summed E-state index contributed by atoms with van der Waals surface area (Å²) in [6.45, 7) is 3.09. The first kappa shape index (κ1) is 13.2. The molecule has 0 saturated carbocycles. The van der Waals surface area contributed by atoms with Gasteiger partial charge in [0.2, 0.25) is 0 Å². The van der Waals surface area contributed by atoms with Crippen molar-refractivity contribution in [1.29, 1.82) is 0 Å². The summed E-state index contributed by atoms with van der Waals surface area (Å²) in [5.41, 5.74) is 1.16. The maximum atomic E-state index is 5.76. The molecule has 18 heavy (non-hydrogen) atoms. The SMILES string of the molecule is CCCC1CC(Nc2ccc(OC)cc2)CCO1. The maximum Gasteiger partial charge on any atom is 0.119 e. The highest BCUT2D eigenvalue weighted by Crippen LogP contribution is 2.22. The molecular formula is C15H23NO2. The van der Waals surface area contributed by atoms with Crippen LogP contribution in [0.25, 0.3) is 0 Å². The van der Waals surface area contributed by atoms with E-state index in [9.17, 15) is 0 Å². The second-order valence-corrected chi connectivity index (χ2v) is 4.88. The summed E-state index contributed by atoms with van der Waals surface area (Å²) in [7, 11) is 1.69. The fourth-order valence-corrected chi connectivity index (χ4v) is 2.46. The third kappa shape index (κ3) is 3.64. The number of methoxy groups -OCH3 is 1. The lowest BCUT2D eigenvalue weighted by Crippen LogP contribution is -2.33. The quantitative estimate of drug-likeness (QED) is 0.867. The average Bonchev–Trinajstić information content (AvgIpc) is 2.40. The molecule has 1 saturated heterocycles. The Bertz CT molecular complexity index is 348. The first-order valence-corrected chi connectivity index (χ1v) is 6.84. The molecule has 1 N–H and O–H groups in total. The zero-order valence-corrected chi connectivity index (χ0v) is 11.3. The molecule has 1 aromatic rings. The number of rotatable bonds is 5. The Morgan fingerprint density at radius 1 is 1.33 bits per heavy atom. The van der Waals surface area contributed by atoms with E-state index in [0.717, 1.165) is 30.9 Å². The average molecular weight is 249 g/mol. The highest BCUT2D eigenvalue weighted by atomic mass is 16.5. The van der Waals surface area contributed by atoms with E-state index in [-0.39, 0.29) is 0 Å². The van der Waals surface area contributed by atoms with E-state index >= 15 is 0 Å². The van der Waals surface area contributed by atoms with Crippen LogP contribution in [-0.4, -0.2) is 25.9 Å². The monoisotopic (exact) mass is 249 g/mol. The molecule has 0 radical (unpaired) electrons. The van der Waals surface area contributed by atoms with Crippen LogP contribution in [0.15, 0.2) is 24.3 Å². The van der Waals surface area contributed by atoms with Crippen molar-refractivity contribution in [3.8, 4) is 5.75 Å². The van der Waals surface area contributed by atoms with E-state index in [4.69, 9.17) is 9.47 Å². The van der Waals surface area contributed by atoms with Gasteiger partial charge in [-0.3, -0.25) is 0 Å². The largest absolute Gasteiger partial charge is 0.497 e. The molecule has 0 aromatic heterocycles. The van der Waals surface area contributed by atoms with Gasteiger partial charge in [-0.15, -0.1) is 0 Å². The van der Waals surface area contributed by atoms with Gasteiger partial charge >= 0.3 is 0 Å². The van der Waals surface area contributed by atoms with Crippen LogP contribution in [0, 0.1) is 0 Å². The van der Waals surface area contributed by atoms with Gasteiger partial charge in [-0.25, -0.2) is 0 Å². The van der Waals surface area contributed by atoms with Gasteiger partial charge in [-0.2, -0.15) is 0 Å². The van der Waals surface area contributed by atoms with E-state index in [1.807, 2.05) is 12.1 Å². The standard InChI is InChI=1S/C15H23NO2/c1-3-4-15-11-13(9-10-18-15)16-12-5-7-14(17-2)8-6-12/h5-8,13,15-16H,3-4,9-11H2,1-2H3. The minimum atomic E-state index is 0.430. The van der Waals surface area contributed by atoms with Crippen LogP contribution >= 0.6 is 0 Å². The Morgan fingerprint density at radius 3 is 2.78 bits per heavy atom. The van der Waals surface area contributed by atoms with Crippen LogP contribution in [0.2, 0.25) is 0 Å². The van der Waals surface area contributed by atoms with Crippen molar-refractivity contribution in [2.45, 2.75) is 44.8 Å². The zero-order valence-electron chi connectivity index (χ0n) is 11.3. The van der Waals surface area contributed by atoms with Crippen molar-refractivity contribution in [3.05, 3.63) is 24.3 Å². The van der Waals surface area contributed by atoms with Gasteiger partial charge in [-0.05, 0) is 43.5 Å². The van der Waals surface area contributed by atoms with Crippen molar-refractivity contribution in [2.24, 2.45) is 0 Å². The fraction of sp³-hybridized carbons (Fsp3) is 0.600. The van der Waals surface area contributed by atoms with Gasteiger partial charge in [0.25, 0.3) is 0 Å². The van der Waals surface area contributed by atoms with Crippen molar-refractivity contribution in [3.63, 3.8) is 0 Å². The molecule has 1 aliphatic rings. The van der Waals surface area contributed by atoms with Crippen LogP contribution in [-0.2, 0) is 4.74 Å². The Labute approximate surface area is 109 Å². The van der Waals surface area contributed by atoms with E-state index in [1.165, 1.54) is 12.8 Å². The zero-order chi connectivity index (χ0) is 12.8. The molecule has 1 heterocycles. The first-order chi connectivity index (χ1) is 8.81. The van der Waals surface area contributed by atoms with E-state index in [0.29, 0.717) is 12.1 Å². The summed E-state index contributed by atoms with van der Waals surface area (Å²) in [5, 5.41) is 3.58. The molecule has 0 spiro atoms. The van der Waals surface area contributed by atoms with Gasteiger partial charge in [0, 0.05) is 18.3 Å². The molecule has 3 heteroatoms. The summed E-state index contributed by atoms with van der Waals surface area (Å²) < 4.78 is 10.9. The molecular weight excluding hydrogens is 226 g/mol. The molecule has 1 aliphatic heterocycles. The second kappa shape index (κ2) is 6.64. The van der Waals surface area contributed by atoms with Crippen LogP contribution in [0.1, 0.15) is 32.6 Å². The Hall–Kier alpha value is -1.22. The molecule has 3 nitrogen and oxygen atoms in total. The number of hydrogen-bond donors (Lipinski definition) is 1. The number of hydrogen-bond acceptors (Lipinski definition) is 3. The van der Waals surface area contributed by atoms with E-state index in [1.54, 1.807) is 7.11 Å². The molecule has 0 bridgehead atoms. The lowest BCUT2D eigenvalue weighted by molar-refractivity contribution is 0.00598. The lowest BCUT2D eigenvalue weighted by atomic mass is 10.00. The fourth-order valence-electron chi connectivity index (χ4n) is 2.46. The smallest absolute Gasteiger partial charge is 0.119 e. The van der Waals surface area contributed by atoms with Gasteiger partial charge in [0.05, 0.1) is 13.2 Å². The Balaban J connectivity index is 1.87. The highest BCUT2D eigenvalue weighted by Gasteiger charge is 2.21. The third-order valence-corrected chi connectivity index (χ3v) is 3.44. The maximum absolute atomic E-state index is 5.76. The summed E-state index contributed by atoms with van der Waals surface area (Å²) >= 11 is 0.